The molecule has 1 fully saturated rings. The van der Waals surface area contributed by atoms with Crippen molar-refractivity contribution in [3.05, 3.63) is 0 Å². The van der Waals surface area contributed by atoms with Gasteiger partial charge in [0.2, 0.25) is 0 Å². The summed E-state index contributed by atoms with van der Waals surface area (Å²) < 4.78 is 0. The number of hydrogen-bond donors (Lipinski definition) is 2. The molecule has 0 heterocycles. The molecule has 0 aromatic rings. The second kappa shape index (κ2) is 2.58. The van der Waals surface area contributed by atoms with Gasteiger partial charge in [0.05, 0.1) is 5.92 Å². The second-order valence-corrected chi connectivity index (χ2v) is 3.15. The van der Waals surface area contributed by atoms with E-state index in [2.05, 4.69) is 0 Å². The van der Waals surface area contributed by atoms with Gasteiger partial charge in [0, 0.05) is 6.04 Å². The number of carboxylic acids is 1. The number of hydrogen-bond acceptors (Lipinski definition) is 2. The van der Waals surface area contributed by atoms with Crippen LogP contribution in [0.1, 0.15) is 19.8 Å². The molecule has 0 aromatic heterocycles. The molecule has 0 bridgehead atoms. The predicted octanol–water partition coefficient (Wildman–Crippen LogP) is 0.444. The lowest BCUT2D eigenvalue weighted by molar-refractivity contribution is -0.141. The van der Waals surface area contributed by atoms with E-state index >= 15 is 0 Å². The molecule has 0 spiro atoms. The molecule has 1 aliphatic rings. The molecule has 10 heavy (non-hydrogen) atoms. The molecule has 1 rings (SSSR count). The zero-order chi connectivity index (χ0) is 7.72. The summed E-state index contributed by atoms with van der Waals surface area (Å²) in [7, 11) is 0. The van der Waals surface area contributed by atoms with Gasteiger partial charge in [-0.25, -0.2) is 0 Å². The van der Waals surface area contributed by atoms with Crippen LogP contribution in [0.2, 0.25) is 0 Å². The summed E-state index contributed by atoms with van der Waals surface area (Å²) in [5.74, 6) is -0.508. The van der Waals surface area contributed by atoms with Gasteiger partial charge in [-0.3, -0.25) is 4.79 Å². The Bertz CT molecular complexity index is 137. The highest BCUT2D eigenvalue weighted by molar-refractivity contribution is 5.70. The summed E-state index contributed by atoms with van der Waals surface area (Å²) in [6, 6.07) is 0.0982. The number of rotatable bonds is 1. The van der Waals surface area contributed by atoms with Gasteiger partial charge in [0.1, 0.15) is 0 Å². The van der Waals surface area contributed by atoms with E-state index < -0.39 is 5.97 Å². The van der Waals surface area contributed by atoms with Gasteiger partial charge >= 0.3 is 5.97 Å². The number of carbonyl (C=O) groups is 1. The van der Waals surface area contributed by atoms with Gasteiger partial charge in [-0.05, 0) is 18.8 Å². The van der Waals surface area contributed by atoms with Crippen LogP contribution in [0.25, 0.3) is 0 Å². The fourth-order valence-corrected chi connectivity index (χ4v) is 1.48. The SMILES string of the molecule is CC1CC(C(=O)O)CC1N. The van der Waals surface area contributed by atoms with Gasteiger partial charge in [-0.2, -0.15) is 0 Å². The van der Waals surface area contributed by atoms with Crippen molar-refractivity contribution >= 4 is 5.97 Å². The topological polar surface area (TPSA) is 63.3 Å². The minimum absolute atomic E-state index is 0.0982. The molecule has 3 heteroatoms. The molecule has 58 valence electrons. The van der Waals surface area contributed by atoms with Crippen molar-refractivity contribution < 1.29 is 9.90 Å². The summed E-state index contributed by atoms with van der Waals surface area (Å²) in [5.41, 5.74) is 5.64. The molecular weight excluding hydrogens is 130 g/mol. The number of carboxylic acid groups (broad SMARTS) is 1. The van der Waals surface area contributed by atoms with Crippen LogP contribution in [0.5, 0.6) is 0 Å². The summed E-state index contributed by atoms with van der Waals surface area (Å²) in [6.45, 7) is 2.01. The Morgan fingerprint density at radius 2 is 2.20 bits per heavy atom. The molecule has 3 atom stereocenters. The summed E-state index contributed by atoms with van der Waals surface area (Å²) >= 11 is 0. The summed E-state index contributed by atoms with van der Waals surface area (Å²) in [5, 5.41) is 8.59. The first-order chi connectivity index (χ1) is 4.61. The van der Waals surface area contributed by atoms with E-state index in [-0.39, 0.29) is 12.0 Å². The van der Waals surface area contributed by atoms with Crippen LogP contribution in [-0.4, -0.2) is 17.1 Å². The van der Waals surface area contributed by atoms with Crippen molar-refractivity contribution in [3.63, 3.8) is 0 Å². The van der Waals surface area contributed by atoms with E-state index in [9.17, 15) is 4.79 Å². The van der Waals surface area contributed by atoms with E-state index in [1.54, 1.807) is 0 Å². The second-order valence-electron chi connectivity index (χ2n) is 3.15. The Morgan fingerprint density at radius 1 is 1.60 bits per heavy atom. The molecule has 0 saturated heterocycles. The highest BCUT2D eigenvalue weighted by atomic mass is 16.4. The quantitative estimate of drug-likeness (QED) is 0.560. The van der Waals surface area contributed by atoms with Crippen LogP contribution in [0.15, 0.2) is 0 Å². The molecule has 1 aliphatic carbocycles. The van der Waals surface area contributed by atoms with Gasteiger partial charge in [0.25, 0.3) is 0 Å². The Labute approximate surface area is 60.2 Å². The van der Waals surface area contributed by atoms with E-state index in [0.29, 0.717) is 12.3 Å². The standard InChI is InChI=1S/C7H13NO2/c1-4-2-5(7(9)10)3-6(4)8/h4-6H,2-3,8H2,1H3,(H,9,10). The van der Waals surface area contributed by atoms with Gasteiger partial charge in [0.15, 0.2) is 0 Å². The smallest absolute Gasteiger partial charge is 0.306 e. The number of nitrogens with two attached hydrogens (primary N) is 1. The van der Waals surface area contributed by atoms with Crippen LogP contribution in [0, 0.1) is 11.8 Å². The van der Waals surface area contributed by atoms with E-state index in [4.69, 9.17) is 10.8 Å². The average Bonchev–Trinajstić information content (AvgIpc) is 2.13. The first kappa shape index (κ1) is 7.54. The summed E-state index contributed by atoms with van der Waals surface area (Å²) in [4.78, 5) is 10.4. The van der Waals surface area contributed by atoms with Gasteiger partial charge < -0.3 is 10.8 Å². The zero-order valence-electron chi connectivity index (χ0n) is 6.08. The van der Waals surface area contributed by atoms with Crippen LogP contribution in [0.4, 0.5) is 0 Å². The third-order valence-corrected chi connectivity index (χ3v) is 2.29. The van der Waals surface area contributed by atoms with E-state index in [0.717, 1.165) is 6.42 Å². The maximum Gasteiger partial charge on any atom is 0.306 e. The van der Waals surface area contributed by atoms with Gasteiger partial charge in [-0.15, -0.1) is 0 Å². The predicted molar refractivity (Wildman–Crippen MR) is 37.5 cm³/mol. The first-order valence-corrected chi connectivity index (χ1v) is 3.59. The maximum absolute atomic E-state index is 10.4. The molecule has 0 radical (unpaired) electrons. The highest BCUT2D eigenvalue weighted by Crippen LogP contribution is 2.29. The van der Waals surface area contributed by atoms with Crippen molar-refractivity contribution in [2.45, 2.75) is 25.8 Å². The Hall–Kier alpha value is -0.570. The van der Waals surface area contributed by atoms with Gasteiger partial charge in [-0.1, -0.05) is 6.92 Å². The normalized spacial score (nSPS) is 40.0. The first-order valence-electron chi connectivity index (χ1n) is 3.59. The van der Waals surface area contributed by atoms with Crippen molar-refractivity contribution in [3.8, 4) is 0 Å². The Morgan fingerprint density at radius 3 is 2.40 bits per heavy atom. The zero-order valence-corrected chi connectivity index (χ0v) is 6.08. The van der Waals surface area contributed by atoms with Crippen molar-refractivity contribution in [2.75, 3.05) is 0 Å². The fraction of sp³-hybridized carbons (Fsp3) is 0.857. The molecule has 0 aromatic carbocycles. The third-order valence-electron chi connectivity index (χ3n) is 2.29. The summed E-state index contributed by atoms with van der Waals surface area (Å²) in [6.07, 6.45) is 1.40. The fourth-order valence-electron chi connectivity index (χ4n) is 1.48. The lowest BCUT2D eigenvalue weighted by Crippen LogP contribution is -2.22. The molecule has 3 unspecified atom stereocenters. The Kier molecular flexibility index (Phi) is 1.94. The molecule has 1 saturated carbocycles. The maximum atomic E-state index is 10.4. The monoisotopic (exact) mass is 143 g/mol. The molecule has 3 nitrogen and oxygen atoms in total. The van der Waals surface area contributed by atoms with Crippen molar-refractivity contribution in [2.24, 2.45) is 17.6 Å². The van der Waals surface area contributed by atoms with Crippen LogP contribution >= 0.6 is 0 Å². The van der Waals surface area contributed by atoms with Crippen LogP contribution in [-0.2, 0) is 4.79 Å². The van der Waals surface area contributed by atoms with E-state index in [1.807, 2.05) is 6.92 Å². The van der Waals surface area contributed by atoms with Crippen LogP contribution in [0.3, 0.4) is 0 Å². The largest absolute Gasteiger partial charge is 0.481 e. The van der Waals surface area contributed by atoms with Crippen molar-refractivity contribution in [1.29, 1.82) is 0 Å². The van der Waals surface area contributed by atoms with E-state index in [1.165, 1.54) is 0 Å². The Balaban J connectivity index is 2.49. The molecule has 0 aliphatic heterocycles. The molecule has 0 amide bonds. The minimum atomic E-state index is -0.695. The highest BCUT2D eigenvalue weighted by Gasteiger charge is 2.32. The average molecular weight is 143 g/mol. The third kappa shape index (κ3) is 1.29. The lowest BCUT2D eigenvalue weighted by atomic mass is 10.1. The number of aliphatic carboxylic acids is 1. The lowest BCUT2D eigenvalue weighted by Gasteiger charge is -2.05. The minimum Gasteiger partial charge on any atom is -0.481 e. The molecule has 3 N–H and O–H groups in total. The molecular formula is C7H13NO2. The van der Waals surface area contributed by atoms with Crippen LogP contribution < -0.4 is 5.73 Å². The van der Waals surface area contributed by atoms with Crippen molar-refractivity contribution in [1.82, 2.24) is 0 Å².